The summed E-state index contributed by atoms with van der Waals surface area (Å²) in [4.78, 5) is 24.9. The van der Waals surface area contributed by atoms with Crippen LogP contribution in [0.4, 0.5) is 13.2 Å². The molecule has 0 spiro atoms. The molecule has 0 aliphatic rings. The van der Waals surface area contributed by atoms with Crippen LogP contribution in [0.25, 0.3) is 0 Å². The highest BCUT2D eigenvalue weighted by atomic mass is 32.2. The van der Waals surface area contributed by atoms with Gasteiger partial charge in [-0.1, -0.05) is 0 Å². The Kier molecular flexibility index (Phi) is 7.24. The fraction of sp³-hybridized carbons (Fsp3) is 0.529. The van der Waals surface area contributed by atoms with E-state index in [-0.39, 0.29) is 17.7 Å². The zero-order valence-electron chi connectivity index (χ0n) is 15.9. The average molecular weight is 426 g/mol. The molecule has 28 heavy (non-hydrogen) atoms. The second kappa shape index (κ2) is 8.48. The molecule has 11 heteroatoms. The molecule has 1 unspecified atom stereocenters. The first-order valence-corrected chi connectivity index (χ1v) is 9.73. The van der Waals surface area contributed by atoms with Gasteiger partial charge in [0.05, 0.1) is 17.7 Å². The molecule has 0 aromatic heterocycles. The van der Waals surface area contributed by atoms with E-state index in [1.807, 2.05) is 0 Å². The van der Waals surface area contributed by atoms with Crippen molar-refractivity contribution in [1.29, 1.82) is 0 Å². The van der Waals surface area contributed by atoms with Crippen molar-refractivity contribution in [2.45, 2.75) is 46.9 Å². The Bertz CT molecular complexity index is 889. The Balaban J connectivity index is 3.56. The van der Waals surface area contributed by atoms with Crippen LogP contribution in [0.2, 0.25) is 0 Å². The van der Waals surface area contributed by atoms with Gasteiger partial charge < -0.3 is 9.47 Å². The quantitative estimate of drug-likeness (QED) is 0.550. The van der Waals surface area contributed by atoms with Crippen molar-refractivity contribution in [3.8, 4) is 0 Å². The summed E-state index contributed by atoms with van der Waals surface area (Å²) in [5.41, 5.74) is 1.03. The van der Waals surface area contributed by atoms with Crippen molar-refractivity contribution < 1.29 is 45.2 Å². The summed E-state index contributed by atoms with van der Waals surface area (Å²) in [6.45, 7) is 7.70. The van der Waals surface area contributed by atoms with Gasteiger partial charge in [0.25, 0.3) is 10.1 Å². The molecule has 0 aliphatic carbocycles. The molecule has 0 aliphatic heterocycles. The number of halogens is 3. The van der Waals surface area contributed by atoms with Crippen molar-refractivity contribution >= 4 is 22.1 Å². The summed E-state index contributed by atoms with van der Waals surface area (Å²) < 4.78 is 79.0. The number of carbonyl (C=O) groups is 2. The molecule has 1 rings (SSSR count). The van der Waals surface area contributed by atoms with Gasteiger partial charge in [-0.2, -0.15) is 21.6 Å². The number of carbonyl (C=O) groups excluding carboxylic acids is 2. The minimum absolute atomic E-state index is 0.0351. The summed E-state index contributed by atoms with van der Waals surface area (Å²) in [7, 11) is -5.09. The van der Waals surface area contributed by atoms with Crippen LogP contribution >= 0.6 is 0 Å². The van der Waals surface area contributed by atoms with Crippen LogP contribution in [-0.2, 0) is 19.6 Å². The van der Waals surface area contributed by atoms with E-state index in [0.717, 1.165) is 0 Å². The number of hydrogen-bond donors (Lipinski definition) is 1. The summed E-state index contributed by atoms with van der Waals surface area (Å²) in [5, 5.41) is 0. The fourth-order valence-electron chi connectivity index (χ4n) is 2.60. The zero-order valence-corrected chi connectivity index (χ0v) is 16.7. The monoisotopic (exact) mass is 426 g/mol. The lowest BCUT2D eigenvalue weighted by atomic mass is 9.89. The van der Waals surface area contributed by atoms with Crippen molar-refractivity contribution in [3.63, 3.8) is 0 Å². The van der Waals surface area contributed by atoms with E-state index < -0.39 is 45.7 Å². The maximum atomic E-state index is 13.1. The van der Waals surface area contributed by atoms with E-state index in [2.05, 4.69) is 4.74 Å². The highest BCUT2D eigenvalue weighted by molar-refractivity contribution is 7.85. The highest BCUT2D eigenvalue weighted by Gasteiger charge is 2.46. The minimum atomic E-state index is -5.25. The first-order chi connectivity index (χ1) is 12.6. The smallest absolute Gasteiger partial charge is 0.426 e. The van der Waals surface area contributed by atoms with Crippen LogP contribution in [0.15, 0.2) is 0 Å². The van der Waals surface area contributed by atoms with Crippen LogP contribution in [-0.4, -0.2) is 49.5 Å². The molecule has 0 saturated carbocycles. The van der Waals surface area contributed by atoms with E-state index in [1.54, 1.807) is 13.8 Å². The number of esters is 2. The molecule has 1 aromatic rings. The molecular formula is C17H21F3O7S. The normalized spacial score (nSPS) is 13.2. The van der Waals surface area contributed by atoms with Crippen molar-refractivity contribution in [1.82, 2.24) is 0 Å². The molecule has 7 nitrogen and oxygen atoms in total. The van der Waals surface area contributed by atoms with Gasteiger partial charge in [0.15, 0.2) is 0 Å². The van der Waals surface area contributed by atoms with Gasteiger partial charge in [-0.3, -0.25) is 4.55 Å². The van der Waals surface area contributed by atoms with Gasteiger partial charge in [-0.25, -0.2) is 9.59 Å². The Morgan fingerprint density at radius 2 is 1.39 bits per heavy atom. The first-order valence-electron chi connectivity index (χ1n) is 8.12. The van der Waals surface area contributed by atoms with E-state index >= 15 is 0 Å². The second-order valence-electron chi connectivity index (χ2n) is 6.15. The minimum Gasteiger partial charge on any atom is -0.462 e. The lowest BCUT2D eigenvalue weighted by Gasteiger charge is -2.23. The number of alkyl halides is 3. The Morgan fingerprint density at radius 3 is 1.75 bits per heavy atom. The van der Waals surface area contributed by atoms with Gasteiger partial charge in [0, 0.05) is 0 Å². The molecule has 1 aromatic carbocycles. The molecule has 0 saturated heterocycles. The Labute approximate surface area is 160 Å². The predicted octanol–water partition coefficient (Wildman–Crippen LogP) is 3.07. The first kappa shape index (κ1) is 23.9. The summed E-state index contributed by atoms with van der Waals surface area (Å²) in [5.74, 6) is -4.32. The molecule has 0 amide bonds. The molecular weight excluding hydrogens is 405 g/mol. The number of benzene rings is 1. The van der Waals surface area contributed by atoms with Crippen LogP contribution in [0.5, 0.6) is 0 Å². The summed E-state index contributed by atoms with van der Waals surface area (Å²) in [6, 6.07) is 0. The predicted molar refractivity (Wildman–Crippen MR) is 93.0 cm³/mol. The fourth-order valence-corrected chi connectivity index (χ4v) is 3.24. The number of rotatable bonds is 6. The van der Waals surface area contributed by atoms with E-state index in [4.69, 9.17) is 9.29 Å². The van der Waals surface area contributed by atoms with E-state index in [9.17, 15) is 31.2 Å². The van der Waals surface area contributed by atoms with Crippen molar-refractivity contribution in [3.05, 3.63) is 33.4 Å². The largest absolute Gasteiger partial charge is 0.462 e. The zero-order chi connectivity index (χ0) is 22.0. The van der Waals surface area contributed by atoms with E-state index in [0.29, 0.717) is 16.7 Å². The van der Waals surface area contributed by atoms with E-state index in [1.165, 1.54) is 20.8 Å². The van der Waals surface area contributed by atoms with Crippen LogP contribution in [0.3, 0.4) is 0 Å². The third kappa shape index (κ3) is 5.44. The van der Waals surface area contributed by atoms with Crippen LogP contribution < -0.4 is 0 Å². The lowest BCUT2D eigenvalue weighted by molar-refractivity contribution is -0.197. The highest BCUT2D eigenvalue weighted by Crippen LogP contribution is 2.30. The summed E-state index contributed by atoms with van der Waals surface area (Å²) in [6.07, 6.45) is -8.36. The molecule has 1 atom stereocenters. The van der Waals surface area contributed by atoms with Gasteiger partial charge in [0.1, 0.15) is 5.75 Å². The maximum absolute atomic E-state index is 13.1. The summed E-state index contributed by atoms with van der Waals surface area (Å²) >= 11 is 0. The molecule has 0 heterocycles. The standard InChI is InChI=1S/C17H21F3O7S/c1-6-26-15(21)13-10(4)8(2)9(3)11(5)14(13)16(22)27-12(17(18,19)20)7-28(23,24)25/h12H,6-7H2,1-5H3,(H,23,24,25). The third-order valence-electron chi connectivity index (χ3n) is 4.35. The SMILES string of the molecule is CCOC(=O)c1c(C)c(C)c(C)c(C)c1C(=O)OC(CS(=O)(=O)O)C(F)(F)F. The lowest BCUT2D eigenvalue weighted by Crippen LogP contribution is -2.40. The maximum Gasteiger partial charge on any atom is 0.426 e. The van der Waals surface area contributed by atoms with Gasteiger partial charge >= 0.3 is 18.1 Å². The molecule has 1 N–H and O–H groups in total. The number of ether oxygens (including phenoxy) is 2. The average Bonchev–Trinajstić information content (AvgIpc) is 2.53. The third-order valence-corrected chi connectivity index (χ3v) is 5.07. The molecule has 0 fully saturated rings. The number of hydrogen-bond acceptors (Lipinski definition) is 6. The van der Waals surface area contributed by atoms with Crippen LogP contribution in [0, 0.1) is 27.7 Å². The second-order valence-corrected chi connectivity index (χ2v) is 7.65. The van der Waals surface area contributed by atoms with Gasteiger partial charge in [0.2, 0.25) is 6.10 Å². The van der Waals surface area contributed by atoms with Crippen molar-refractivity contribution in [2.75, 3.05) is 12.4 Å². The van der Waals surface area contributed by atoms with Gasteiger partial charge in [-0.15, -0.1) is 0 Å². The molecule has 158 valence electrons. The van der Waals surface area contributed by atoms with Crippen LogP contribution in [0.1, 0.15) is 49.9 Å². The topological polar surface area (TPSA) is 107 Å². The Hall–Kier alpha value is -2.14. The molecule has 0 bridgehead atoms. The van der Waals surface area contributed by atoms with Gasteiger partial charge in [-0.05, 0) is 56.9 Å². The van der Waals surface area contributed by atoms with Crippen molar-refractivity contribution in [2.24, 2.45) is 0 Å². The Morgan fingerprint density at radius 1 is 0.964 bits per heavy atom. The molecule has 0 radical (unpaired) electrons.